The molecule has 0 aliphatic heterocycles. The Bertz CT molecular complexity index is 5320. The van der Waals surface area contributed by atoms with Crippen molar-refractivity contribution in [1.29, 1.82) is 0 Å². The topological polar surface area (TPSA) is 0 Å². The predicted octanol–water partition coefficient (Wildman–Crippen LogP) is 36.2. The van der Waals surface area contributed by atoms with Crippen LogP contribution in [0.15, 0.2) is 136 Å². The number of aryl methyl sites for hydroxylation is 6. The number of rotatable bonds is 6. The minimum atomic E-state index is 1.14. The molecule has 0 atom stereocenters. The van der Waals surface area contributed by atoms with Crippen LogP contribution in [-0.2, 0) is 0 Å². The van der Waals surface area contributed by atoms with Gasteiger partial charge in [-0.05, 0) is 288 Å². The van der Waals surface area contributed by atoms with Crippen LogP contribution >= 0.6 is 367 Å². The molecule has 0 saturated heterocycles. The van der Waals surface area contributed by atoms with Crippen molar-refractivity contribution in [2.45, 2.75) is 41.5 Å². The van der Waals surface area contributed by atoms with Gasteiger partial charge in [0.2, 0.25) is 0 Å². The van der Waals surface area contributed by atoms with Crippen LogP contribution in [0.5, 0.6) is 0 Å². The molecule has 18 rings (SSSR count). The minimum absolute atomic E-state index is 1.14. The zero-order valence-electron chi connectivity index (χ0n) is 49.8. The maximum atomic E-state index is 3.96. The first-order chi connectivity index (χ1) is 46.0. The fraction of sp³-hybridized carbons (Fsp3) is 0.0833. The molecule has 0 radical (unpaired) electrons. The lowest BCUT2D eigenvalue weighted by molar-refractivity contribution is 1.45. The summed E-state index contributed by atoms with van der Waals surface area (Å²) < 4.78 is 40.8. The summed E-state index contributed by atoms with van der Waals surface area (Å²) in [4.78, 5) is 8.09. The van der Waals surface area contributed by atoms with E-state index in [9.17, 15) is 0 Å². The summed E-state index contributed by atoms with van der Waals surface area (Å²) in [6, 6.07) is 40.2. The average molecular weight is 2530 g/mol. The van der Waals surface area contributed by atoms with Crippen molar-refractivity contribution in [3.8, 4) is 62.6 Å². The van der Waals surface area contributed by atoms with Crippen molar-refractivity contribution in [2.75, 3.05) is 0 Å². The van der Waals surface area contributed by atoms with Gasteiger partial charge in [-0.3, -0.25) is 0 Å². The van der Waals surface area contributed by atoms with E-state index in [2.05, 4.69) is 382 Å². The first kappa shape index (κ1) is 71.6. The quantitative estimate of drug-likeness (QED) is 0.146. The van der Waals surface area contributed by atoms with Gasteiger partial charge in [0.15, 0.2) is 0 Å². The van der Waals surface area contributed by atoms with E-state index < -0.39 is 0 Å². The Morgan fingerprint density at radius 2 is 0.396 bits per heavy atom. The molecule has 0 aliphatic carbocycles. The highest BCUT2D eigenvalue weighted by Gasteiger charge is 2.29. The van der Waals surface area contributed by atoms with Gasteiger partial charge in [0.25, 0.3) is 0 Å². The van der Waals surface area contributed by atoms with Crippen molar-refractivity contribution in [2.24, 2.45) is 0 Å². The summed E-state index contributed by atoms with van der Waals surface area (Å²) in [6.45, 7) is 12.9. The number of thiophene rings is 12. The van der Waals surface area contributed by atoms with E-state index in [0.29, 0.717) is 0 Å². The molecule has 0 amide bonds. The second-order valence-electron chi connectivity index (χ2n) is 22.9. The number of fused-ring (bicyclic) bond motifs is 15. The fourth-order valence-corrected chi connectivity index (χ4v) is 41.8. The molecule has 6 aromatic carbocycles. The maximum Gasteiger partial charge on any atom is 0.0651 e. The van der Waals surface area contributed by atoms with Crippen molar-refractivity contribution in [1.82, 2.24) is 0 Å². The molecule has 0 fully saturated rings. The number of benzene rings is 6. The number of hydrogen-bond donors (Lipinski definition) is 0. The summed E-state index contributed by atoms with van der Waals surface area (Å²) in [6.07, 6.45) is 0. The molecular formula is C72H36Br6I6S12. The Balaban J connectivity index is 0.000000113. The Kier molecular flexibility index (Phi) is 21.2. The lowest BCUT2D eigenvalue weighted by atomic mass is 10.1. The monoisotopic (exact) mass is 2520 g/mol. The predicted molar refractivity (Wildman–Crippen MR) is 515 cm³/mol. The molecule has 12 aromatic heterocycles. The molecular weight excluding hydrogens is 2490 g/mol. The van der Waals surface area contributed by atoms with Crippen LogP contribution in [0, 0.1) is 63.0 Å². The molecule has 96 heavy (non-hydrogen) atoms. The second-order valence-corrected chi connectivity index (χ2v) is 46.8. The molecule has 12 heterocycles. The van der Waals surface area contributed by atoms with E-state index in [-0.39, 0.29) is 0 Å². The largest absolute Gasteiger partial charge is 0.132 e. The molecule has 0 aliphatic rings. The molecule has 18 aromatic rings. The lowest BCUT2D eigenvalue weighted by Crippen LogP contribution is -1.83. The summed E-state index contributed by atoms with van der Waals surface area (Å²) in [5, 5.41) is 0. The van der Waals surface area contributed by atoms with Gasteiger partial charge >= 0.3 is 0 Å². The Hall–Kier alpha value is 1.32. The second kappa shape index (κ2) is 28.5. The van der Waals surface area contributed by atoms with Crippen LogP contribution in [0.3, 0.4) is 0 Å². The van der Waals surface area contributed by atoms with Gasteiger partial charge in [-0.25, -0.2) is 0 Å². The van der Waals surface area contributed by atoms with Crippen LogP contribution in [0.4, 0.5) is 0 Å². The van der Waals surface area contributed by atoms with E-state index in [1.54, 1.807) is 0 Å². The molecule has 0 bridgehead atoms. The molecule has 480 valence electrons. The van der Waals surface area contributed by atoms with E-state index in [0.717, 1.165) is 8.95 Å². The summed E-state index contributed by atoms with van der Waals surface area (Å²) >= 11 is 61.6. The molecule has 0 nitrogen and oxygen atoms in total. The average Bonchev–Trinajstić information content (AvgIpc) is 1.57. The SMILES string of the molecule is Cc1ccc(-c2sc3c(sc4c5sc(-c6ccc(C)cc6Br)c(Br)c5sc34)c2Br)c(Br)c1.Cc1ccc(-c2sc3c(sc4c5sc(-c6ccc(C)cc6I)c(Br)c5sc34)c2Br)c(I)c1.Cc1ccc(-c2sc3c(sc4c5sc(-c6ccc(C)cc6I)c(I)c5sc34)c2I)c(I)c1. The van der Waals surface area contributed by atoms with E-state index in [1.807, 2.05) is 136 Å². The van der Waals surface area contributed by atoms with Crippen molar-refractivity contribution in [3.05, 3.63) is 191 Å². The lowest BCUT2D eigenvalue weighted by Gasteiger charge is -2.04. The summed E-state index contributed by atoms with van der Waals surface area (Å²) in [5.74, 6) is 0. The van der Waals surface area contributed by atoms with Crippen LogP contribution < -0.4 is 0 Å². The zero-order chi connectivity index (χ0) is 66.9. The van der Waals surface area contributed by atoms with E-state index >= 15 is 0 Å². The minimum Gasteiger partial charge on any atom is -0.132 e. The van der Waals surface area contributed by atoms with Crippen LogP contribution in [-0.4, -0.2) is 0 Å². The third-order valence-electron chi connectivity index (χ3n) is 16.2. The molecule has 0 saturated carbocycles. The van der Waals surface area contributed by atoms with E-state index in [4.69, 9.17) is 0 Å². The van der Waals surface area contributed by atoms with Gasteiger partial charge < -0.3 is 0 Å². The first-order valence-electron chi connectivity index (χ1n) is 28.8. The molecule has 0 spiro atoms. The molecule has 0 unspecified atom stereocenters. The molecule has 24 heteroatoms. The molecule has 0 N–H and O–H groups in total. The van der Waals surface area contributed by atoms with Gasteiger partial charge in [-0.15, -0.1) is 136 Å². The van der Waals surface area contributed by atoms with Crippen LogP contribution in [0.25, 0.3) is 147 Å². The Labute approximate surface area is 733 Å². The Morgan fingerprint density at radius 3 is 0.646 bits per heavy atom. The Morgan fingerprint density at radius 1 is 0.208 bits per heavy atom. The van der Waals surface area contributed by atoms with Gasteiger partial charge in [0.1, 0.15) is 0 Å². The third-order valence-corrected chi connectivity index (χ3v) is 46.7. The first-order valence-corrected chi connectivity index (χ1v) is 49.9. The van der Waals surface area contributed by atoms with Gasteiger partial charge in [-0.1, -0.05) is 127 Å². The van der Waals surface area contributed by atoms with Gasteiger partial charge in [0, 0.05) is 63.7 Å². The highest BCUT2D eigenvalue weighted by molar-refractivity contribution is 14.1. The van der Waals surface area contributed by atoms with E-state index in [1.165, 1.54) is 220 Å². The van der Waals surface area contributed by atoms with Crippen molar-refractivity contribution >= 4 is 452 Å². The third kappa shape index (κ3) is 12.6. The normalized spacial score (nSPS) is 12.1. The van der Waals surface area contributed by atoms with Gasteiger partial charge in [0.05, 0.1) is 132 Å². The van der Waals surface area contributed by atoms with Crippen LogP contribution in [0.1, 0.15) is 33.4 Å². The summed E-state index contributed by atoms with van der Waals surface area (Å²) in [5.41, 5.74) is 15.6. The number of hydrogen-bond acceptors (Lipinski definition) is 12. The standard InChI is InChI=1S/C24H12Br4S4.C24H12Br2I2S4.C24H12I4S4/c1-9-3-5-11(13(25)7-9)17-15(27)19-21(29-17)23-24(31-19)22-20(32-23)16(28)18(30-22)12-6-4-10(2)8-14(12)26;1-9-3-5-11(13(27)7-9)17-15(25)19-21(29-17)23-24(31-19)22-20(32-23)16(26)18(30-22)12-6-4-10(2)8-14(12)28;1-9-3-5-11(13(25)7-9)17-15(27)19-21(29-17)23-24(31-19)22-20(32-23)16(28)18(30-22)12-6-4-10(2)8-14(12)26/h3*3-8H,1-2H3. The smallest absolute Gasteiger partial charge is 0.0651 e. The number of halogens is 12. The van der Waals surface area contributed by atoms with Crippen molar-refractivity contribution < 1.29 is 0 Å². The summed E-state index contributed by atoms with van der Waals surface area (Å²) in [7, 11) is 0. The van der Waals surface area contributed by atoms with Crippen molar-refractivity contribution in [3.63, 3.8) is 0 Å². The van der Waals surface area contributed by atoms with Gasteiger partial charge in [-0.2, -0.15) is 0 Å². The van der Waals surface area contributed by atoms with Crippen LogP contribution in [0.2, 0.25) is 0 Å². The zero-order valence-corrected chi connectivity index (χ0v) is 82.1. The highest BCUT2D eigenvalue weighted by atomic mass is 127. The highest BCUT2D eigenvalue weighted by Crippen LogP contribution is 2.61. The maximum absolute atomic E-state index is 3.96. The fourth-order valence-electron chi connectivity index (χ4n) is 11.5.